The summed E-state index contributed by atoms with van der Waals surface area (Å²) in [5.74, 6) is 0. The summed E-state index contributed by atoms with van der Waals surface area (Å²) < 4.78 is 33.9. The normalized spacial score (nSPS) is 12.6. The minimum atomic E-state index is -3.80. The van der Waals surface area contributed by atoms with Crippen LogP contribution < -0.4 is 0 Å². The van der Waals surface area contributed by atoms with Gasteiger partial charge in [0, 0.05) is 57.4 Å². The molecule has 0 saturated heterocycles. The van der Waals surface area contributed by atoms with E-state index in [1.165, 1.54) is 0 Å². The van der Waals surface area contributed by atoms with E-state index in [0.29, 0.717) is 4.90 Å². The molecule has 0 aliphatic heterocycles. The zero-order valence-electron chi connectivity index (χ0n) is 25.5. The number of rotatable bonds is 8. The lowest BCUT2D eigenvalue weighted by molar-refractivity contribution is 0.590. The van der Waals surface area contributed by atoms with Gasteiger partial charge in [0.2, 0.25) is 0 Å². The van der Waals surface area contributed by atoms with Crippen LogP contribution in [0.25, 0.3) is 27.4 Å². The zero-order chi connectivity index (χ0) is 30.3. The molecule has 0 aliphatic carbocycles. The second-order valence-electron chi connectivity index (χ2n) is 11.2. The van der Waals surface area contributed by atoms with Crippen molar-refractivity contribution < 1.29 is 8.42 Å². The summed E-state index contributed by atoms with van der Waals surface area (Å²) in [6.45, 7) is 12.3. The van der Waals surface area contributed by atoms with Gasteiger partial charge in [-0.25, -0.2) is 8.42 Å². The molecule has 0 amide bonds. The number of benzene rings is 4. The average molecular weight is 587 g/mol. The van der Waals surface area contributed by atoms with Gasteiger partial charge >= 0.3 is 0 Å². The van der Waals surface area contributed by atoms with Crippen LogP contribution in [0.4, 0.5) is 0 Å². The van der Waals surface area contributed by atoms with Crippen molar-refractivity contribution in [1.29, 1.82) is 0 Å². The van der Waals surface area contributed by atoms with Gasteiger partial charge in [-0.2, -0.15) is 0 Å². The Bertz CT molecular complexity index is 1990. The fraction of sp³-hybridized carbons (Fsp3) is 0.211. The van der Waals surface area contributed by atoms with Crippen molar-refractivity contribution >= 4 is 37.2 Å². The number of nitrogens with zero attached hydrogens (tertiary/aromatic N) is 2. The molecule has 5 heteroatoms. The van der Waals surface area contributed by atoms with E-state index < -0.39 is 15.1 Å². The Labute approximate surface area is 254 Å². The van der Waals surface area contributed by atoms with Crippen LogP contribution in [-0.2, 0) is 22.9 Å². The van der Waals surface area contributed by atoms with Gasteiger partial charge < -0.3 is 9.13 Å². The second kappa shape index (κ2) is 11.4. The van der Waals surface area contributed by atoms with Gasteiger partial charge in [0.15, 0.2) is 9.84 Å². The van der Waals surface area contributed by atoms with Gasteiger partial charge in [0.25, 0.3) is 0 Å². The summed E-state index contributed by atoms with van der Waals surface area (Å²) in [5.41, 5.74) is 9.44. The smallest absolute Gasteiger partial charge is 0.188 e. The third-order valence-electron chi connectivity index (χ3n) is 8.76. The first-order chi connectivity index (χ1) is 20.8. The summed E-state index contributed by atoms with van der Waals surface area (Å²) in [6, 6.07) is 33.8. The topological polar surface area (TPSA) is 44.0 Å². The predicted molar refractivity (Wildman–Crippen MR) is 179 cm³/mol. The molecule has 0 radical (unpaired) electrons. The van der Waals surface area contributed by atoms with Gasteiger partial charge in [-0.15, -0.1) is 0 Å². The molecule has 43 heavy (non-hydrogen) atoms. The van der Waals surface area contributed by atoms with Crippen molar-refractivity contribution in [2.75, 3.05) is 0 Å². The second-order valence-corrected chi connectivity index (χ2v) is 13.3. The van der Waals surface area contributed by atoms with Gasteiger partial charge in [-0.05, 0) is 70.0 Å². The highest BCUT2D eigenvalue weighted by Gasteiger charge is 2.31. The molecule has 4 aromatic carbocycles. The van der Waals surface area contributed by atoms with Crippen LogP contribution in [-0.4, -0.2) is 17.6 Å². The lowest BCUT2D eigenvalue weighted by Crippen LogP contribution is -2.13. The average Bonchev–Trinajstić information content (AvgIpc) is 3.47. The number of para-hydroxylation sites is 2. The fourth-order valence-electron chi connectivity index (χ4n) is 6.68. The van der Waals surface area contributed by atoms with Crippen LogP contribution >= 0.6 is 0 Å². The van der Waals surface area contributed by atoms with E-state index in [4.69, 9.17) is 0 Å². The highest BCUT2D eigenvalue weighted by molar-refractivity contribution is 7.91. The molecule has 0 aliphatic rings. The van der Waals surface area contributed by atoms with E-state index in [2.05, 4.69) is 85.4 Å². The van der Waals surface area contributed by atoms with E-state index in [-0.39, 0.29) is 0 Å². The molecule has 0 fully saturated rings. The maximum Gasteiger partial charge on any atom is 0.188 e. The number of hydrogen-bond donors (Lipinski definition) is 0. The van der Waals surface area contributed by atoms with Crippen molar-refractivity contribution in [2.45, 2.75) is 57.9 Å². The van der Waals surface area contributed by atoms with Crippen molar-refractivity contribution in [2.24, 2.45) is 0 Å². The summed E-state index contributed by atoms with van der Waals surface area (Å²) in [7, 11) is -3.80. The number of sulfone groups is 1. The van der Waals surface area contributed by atoms with Crippen molar-refractivity contribution in [3.05, 3.63) is 143 Å². The Morgan fingerprint density at radius 2 is 1.12 bits per heavy atom. The predicted octanol–water partition coefficient (Wildman–Crippen LogP) is 9.21. The number of hydrogen-bond acceptors (Lipinski definition) is 2. The fourth-order valence-corrected chi connectivity index (χ4v) is 8.32. The first-order valence-electron chi connectivity index (χ1n) is 15.0. The summed E-state index contributed by atoms with van der Waals surface area (Å²) in [5, 5.41) is 1.36. The van der Waals surface area contributed by atoms with E-state index in [0.717, 1.165) is 74.1 Å². The van der Waals surface area contributed by atoms with Crippen LogP contribution in [0.2, 0.25) is 0 Å². The maximum atomic E-state index is 14.6. The molecule has 2 heterocycles. The van der Waals surface area contributed by atoms with Gasteiger partial charge in [0.1, 0.15) is 5.25 Å². The molecular weight excluding hydrogens is 548 g/mol. The standard InChI is InChI=1S/C38H38N2O2S/c1-6-39-27(4)37(31-17-11-13-19-34(31)39)33(38-28(5)40(7-2)35-20-14-12-18-32(35)38)25-36(29-15-9-8-10-16-29)43(41,42)30-23-21-26(3)22-24-30/h8-25,36H,6-7H2,1-5H3. The maximum absolute atomic E-state index is 14.6. The molecule has 1 atom stereocenters. The summed E-state index contributed by atoms with van der Waals surface area (Å²) in [4.78, 5) is 0.322. The Morgan fingerprint density at radius 3 is 1.60 bits per heavy atom. The third kappa shape index (κ3) is 4.82. The zero-order valence-corrected chi connectivity index (χ0v) is 26.3. The number of aromatic nitrogens is 2. The Balaban J connectivity index is 1.76. The van der Waals surface area contributed by atoms with Crippen LogP contribution in [0.15, 0.2) is 114 Å². The molecule has 6 aromatic rings. The first-order valence-corrected chi connectivity index (χ1v) is 16.6. The third-order valence-corrected chi connectivity index (χ3v) is 10.8. The largest absolute Gasteiger partial charge is 0.345 e. The van der Waals surface area contributed by atoms with Crippen molar-refractivity contribution in [3.8, 4) is 0 Å². The monoisotopic (exact) mass is 586 g/mol. The quantitative estimate of drug-likeness (QED) is 0.178. The molecule has 1 unspecified atom stereocenters. The summed E-state index contributed by atoms with van der Waals surface area (Å²) in [6.07, 6.45) is 2.02. The minimum absolute atomic E-state index is 0.322. The Morgan fingerprint density at radius 1 is 0.651 bits per heavy atom. The lowest BCUT2D eigenvalue weighted by atomic mass is 9.91. The SMILES string of the molecule is CCn1c(C)c(C(=CC(c2ccccc2)S(=O)(=O)c2ccc(C)cc2)c2c(C)n(CC)c3ccccc23)c2ccccc21. The van der Waals surface area contributed by atoms with Crippen molar-refractivity contribution in [3.63, 3.8) is 0 Å². The van der Waals surface area contributed by atoms with Crippen molar-refractivity contribution in [1.82, 2.24) is 9.13 Å². The Kier molecular flexibility index (Phi) is 7.61. The van der Waals surface area contributed by atoms with Gasteiger partial charge in [0.05, 0.1) is 4.90 Å². The van der Waals surface area contributed by atoms with Crippen LogP contribution in [0, 0.1) is 20.8 Å². The van der Waals surface area contributed by atoms with Crippen LogP contribution in [0.5, 0.6) is 0 Å². The van der Waals surface area contributed by atoms with E-state index in [1.54, 1.807) is 12.1 Å². The first kappa shape index (κ1) is 28.8. The highest BCUT2D eigenvalue weighted by atomic mass is 32.2. The van der Waals surface area contributed by atoms with E-state index in [9.17, 15) is 8.42 Å². The molecule has 218 valence electrons. The molecule has 0 saturated carbocycles. The highest BCUT2D eigenvalue weighted by Crippen LogP contribution is 2.43. The molecule has 6 rings (SSSR count). The molecular formula is C38H38N2O2S. The molecule has 2 aromatic heterocycles. The molecule has 0 N–H and O–H groups in total. The van der Waals surface area contributed by atoms with Crippen LogP contribution in [0.3, 0.4) is 0 Å². The van der Waals surface area contributed by atoms with E-state index in [1.807, 2.05) is 55.5 Å². The minimum Gasteiger partial charge on any atom is -0.345 e. The summed E-state index contributed by atoms with van der Waals surface area (Å²) >= 11 is 0. The molecule has 0 spiro atoms. The molecule has 0 bridgehead atoms. The Hall–Kier alpha value is -4.35. The lowest BCUT2D eigenvalue weighted by Gasteiger charge is -2.19. The van der Waals surface area contributed by atoms with Gasteiger partial charge in [-0.3, -0.25) is 0 Å². The number of fused-ring (bicyclic) bond motifs is 2. The van der Waals surface area contributed by atoms with Crippen LogP contribution in [0.1, 0.15) is 52.7 Å². The number of aryl methyl sites for hydroxylation is 3. The molecule has 4 nitrogen and oxygen atoms in total. The van der Waals surface area contributed by atoms with E-state index >= 15 is 0 Å². The van der Waals surface area contributed by atoms with Gasteiger partial charge in [-0.1, -0.05) is 90.5 Å².